The zero-order valence-corrected chi connectivity index (χ0v) is 10.7. The summed E-state index contributed by atoms with van der Waals surface area (Å²) in [7, 11) is 1.45. The van der Waals surface area contributed by atoms with Gasteiger partial charge in [-0.1, -0.05) is 0 Å². The van der Waals surface area contributed by atoms with E-state index in [0.717, 1.165) is 39.0 Å². The van der Waals surface area contributed by atoms with Crippen LogP contribution in [0.3, 0.4) is 0 Å². The standard InChI is InChI=1S/C12H24N2O2/c1-12(2,11(15)16-3)9-14-6-4-10(8-13)5-7-14/h10H,4-9,13H2,1-3H3. The van der Waals surface area contributed by atoms with E-state index in [1.807, 2.05) is 13.8 Å². The quantitative estimate of drug-likeness (QED) is 0.725. The molecule has 1 aliphatic rings. The summed E-state index contributed by atoms with van der Waals surface area (Å²) >= 11 is 0. The minimum Gasteiger partial charge on any atom is -0.469 e. The number of methoxy groups -OCH3 is 1. The molecule has 1 fully saturated rings. The van der Waals surface area contributed by atoms with Crippen molar-refractivity contribution in [1.82, 2.24) is 4.90 Å². The Bertz CT molecular complexity index is 233. The molecule has 0 aromatic rings. The first kappa shape index (κ1) is 13.5. The molecule has 4 nitrogen and oxygen atoms in total. The molecule has 4 heteroatoms. The van der Waals surface area contributed by atoms with Crippen LogP contribution in [0.25, 0.3) is 0 Å². The van der Waals surface area contributed by atoms with E-state index in [9.17, 15) is 4.79 Å². The maximum atomic E-state index is 11.6. The second-order valence-electron chi connectivity index (χ2n) is 5.33. The van der Waals surface area contributed by atoms with Gasteiger partial charge in [0, 0.05) is 6.54 Å². The van der Waals surface area contributed by atoms with E-state index in [1.165, 1.54) is 7.11 Å². The number of piperidine rings is 1. The molecule has 0 aromatic heterocycles. The molecule has 0 bridgehead atoms. The molecule has 0 radical (unpaired) electrons. The summed E-state index contributed by atoms with van der Waals surface area (Å²) in [4.78, 5) is 13.9. The number of carbonyl (C=O) groups is 1. The van der Waals surface area contributed by atoms with Crippen LogP contribution in [-0.4, -0.2) is 44.2 Å². The molecule has 94 valence electrons. The van der Waals surface area contributed by atoms with Gasteiger partial charge in [-0.25, -0.2) is 0 Å². The fourth-order valence-electron chi connectivity index (χ4n) is 2.28. The summed E-state index contributed by atoms with van der Waals surface area (Å²) in [6.07, 6.45) is 2.29. The second-order valence-corrected chi connectivity index (χ2v) is 5.33. The number of hydrogen-bond acceptors (Lipinski definition) is 4. The molecular weight excluding hydrogens is 204 g/mol. The van der Waals surface area contributed by atoms with Crippen molar-refractivity contribution in [3.05, 3.63) is 0 Å². The summed E-state index contributed by atoms with van der Waals surface area (Å²) in [6.45, 7) is 7.53. The number of likely N-dealkylation sites (tertiary alicyclic amines) is 1. The lowest BCUT2D eigenvalue weighted by Crippen LogP contribution is -2.44. The van der Waals surface area contributed by atoms with E-state index in [2.05, 4.69) is 4.90 Å². The van der Waals surface area contributed by atoms with Crippen LogP contribution in [0.2, 0.25) is 0 Å². The predicted octanol–water partition coefficient (Wildman–Crippen LogP) is 0.856. The third kappa shape index (κ3) is 3.46. The third-order valence-corrected chi connectivity index (χ3v) is 3.40. The minimum atomic E-state index is -0.412. The fourth-order valence-corrected chi connectivity index (χ4v) is 2.28. The van der Waals surface area contributed by atoms with Gasteiger partial charge in [0.25, 0.3) is 0 Å². The largest absolute Gasteiger partial charge is 0.469 e. The smallest absolute Gasteiger partial charge is 0.312 e. The molecule has 1 aliphatic heterocycles. The number of nitrogens with zero attached hydrogens (tertiary/aromatic N) is 1. The fraction of sp³-hybridized carbons (Fsp3) is 0.917. The summed E-state index contributed by atoms with van der Waals surface area (Å²) in [5.74, 6) is 0.533. The molecule has 1 rings (SSSR count). The van der Waals surface area contributed by atoms with Crippen molar-refractivity contribution in [2.75, 3.05) is 33.3 Å². The Morgan fingerprint density at radius 3 is 2.44 bits per heavy atom. The van der Waals surface area contributed by atoms with Crippen molar-refractivity contribution >= 4 is 5.97 Å². The monoisotopic (exact) mass is 228 g/mol. The Morgan fingerprint density at radius 1 is 1.44 bits per heavy atom. The number of hydrogen-bond donors (Lipinski definition) is 1. The summed E-state index contributed by atoms with van der Waals surface area (Å²) in [5.41, 5.74) is 5.24. The van der Waals surface area contributed by atoms with Gasteiger partial charge < -0.3 is 15.4 Å². The Hall–Kier alpha value is -0.610. The van der Waals surface area contributed by atoms with E-state index in [-0.39, 0.29) is 5.97 Å². The van der Waals surface area contributed by atoms with Crippen LogP contribution in [-0.2, 0) is 9.53 Å². The molecule has 2 N–H and O–H groups in total. The highest BCUT2D eigenvalue weighted by Gasteiger charge is 2.32. The van der Waals surface area contributed by atoms with Crippen molar-refractivity contribution in [2.24, 2.45) is 17.1 Å². The number of ether oxygens (including phenoxy) is 1. The SMILES string of the molecule is COC(=O)C(C)(C)CN1CCC(CN)CC1. The van der Waals surface area contributed by atoms with Crippen molar-refractivity contribution < 1.29 is 9.53 Å². The highest BCUT2D eigenvalue weighted by molar-refractivity contribution is 5.76. The molecule has 0 saturated carbocycles. The van der Waals surface area contributed by atoms with Gasteiger partial charge >= 0.3 is 5.97 Å². The average molecular weight is 228 g/mol. The zero-order valence-electron chi connectivity index (χ0n) is 10.7. The Balaban J connectivity index is 2.41. The van der Waals surface area contributed by atoms with Crippen molar-refractivity contribution in [3.63, 3.8) is 0 Å². The normalized spacial score (nSPS) is 19.8. The van der Waals surface area contributed by atoms with Crippen molar-refractivity contribution in [1.29, 1.82) is 0 Å². The summed E-state index contributed by atoms with van der Waals surface area (Å²) in [6, 6.07) is 0. The van der Waals surface area contributed by atoms with Gasteiger partial charge in [-0.15, -0.1) is 0 Å². The zero-order chi connectivity index (χ0) is 12.2. The van der Waals surface area contributed by atoms with Crippen LogP contribution in [0.15, 0.2) is 0 Å². The topological polar surface area (TPSA) is 55.6 Å². The van der Waals surface area contributed by atoms with Gasteiger partial charge in [0.2, 0.25) is 0 Å². The molecule has 1 heterocycles. The molecule has 0 aromatic carbocycles. The Kier molecular flexibility index (Phi) is 4.74. The molecular formula is C12H24N2O2. The first-order valence-electron chi connectivity index (χ1n) is 6.00. The first-order chi connectivity index (χ1) is 7.49. The van der Waals surface area contributed by atoms with Crippen molar-refractivity contribution in [3.8, 4) is 0 Å². The maximum Gasteiger partial charge on any atom is 0.312 e. The number of nitrogens with two attached hydrogens (primary N) is 1. The average Bonchev–Trinajstić information content (AvgIpc) is 2.28. The van der Waals surface area contributed by atoms with Crippen LogP contribution in [0.1, 0.15) is 26.7 Å². The molecule has 0 aliphatic carbocycles. The first-order valence-corrected chi connectivity index (χ1v) is 6.00. The van der Waals surface area contributed by atoms with Crippen LogP contribution in [0, 0.1) is 11.3 Å². The molecule has 0 unspecified atom stereocenters. The maximum absolute atomic E-state index is 11.6. The molecule has 0 atom stereocenters. The van der Waals surface area contributed by atoms with Crippen LogP contribution in [0.4, 0.5) is 0 Å². The highest BCUT2D eigenvalue weighted by atomic mass is 16.5. The molecule has 1 saturated heterocycles. The third-order valence-electron chi connectivity index (χ3n) is 3.40. The van der Waals surface area contributed by atoms with Crippen LogP contribution >= 0.6 is 0 Å². The van der Waals surface area contributed by atoms with E-state index in [1.54, 1.807) is 0 Å². The van der Waals surface area contributed by atoms with E-state index in [4.69, 9.17) is 10.5 Å². The van der Waals surface area contributed by atoms with Gasteiger partial charge in [0.15, 0.2) is 0 Å². The van der Waals surface area contributed by atoms with Gasteiger partial charge in [-0.3, -0.25) is 4.79 Å². The Labute approximate surface area is 98.1 Å². The lowest BCUT2D eigenvalue weighted by atomic mass is 9.90. The van der Waals surface area contributed by atoms with E-state index in [0.29, 0.717) is 5.92 Å². The van der Waals surface area contributed by atoms with Gasteiger partial charge in [-0.05, 0) is 52.2 Å². The molecule has 0 amide bonds. The molecule has 16 heavy (non-hydrogen) atoms. The lowest BCUT2D eigenvalue weighted by Gasteiger charge is -2.35. The summed E-state index contributed by atoms with van der Waals surface area (Å²) < 4.78 is 4.81. The van der Waals surface area contributed by atoms with Crippen molar-refractivity contribution in [2.45, 2.75) is 26.7 Å². The second kappa shape index (κ2) is 5.64. The van der Waals surface area contributed by atoms with Crippen LogP contribution in [0.5, 0.6) is 0 Å². The number of esters is 1. The van der Waals surface area contributed by atoms with Gasteiger partial charge in [-0.2, -0.15) is 0 Å². The number of rotatable bonds is 4. The molecule has 0 spiro atoms. The van der Waals surface area contributed by atoms with E-state index >= 15 is 0 Å². The van der Waals surface area contributed by atoms with Crippen LogP contribution < -0.4 is 5.73 Å². The predicted molar refractivity (Wildman–Crippen MR) is 64.0 cm³/mol. The Morgan fingerprint density at radius 2 is 2.00 bits per heavy atom. The lowest BCUT2D eigenvalue weighted by molar-refractivity contribution is -0.152. The highest BCUT2D eigenvalue weighted by Crippen LogP contribution is 2.23. The minimum absolute atomic E-state index is 0.131. The van der Waals surface area contributed by atoms with Gasteiger partial charge in [0.05, 0.1) is 12.5 Å². The van der Waals surface area contributed by atoms with E-state index < -0.39 is 5.41 Å². The summed E-state index contributed by atoms with van der Waals surface area (Å²) in [5, 5.41) is 0. The van der Waals surface area contributed by atoms with Gasteiger partial charge in [0.1, 0.15) is 0 Å². The number of carbonyl (C=O) groups excluding carboxylic acids is 1.